The number of benzene rings is 1. The number of hydrogen-bond donors (Lipinski definition) is 1. The van der Waals surface area contributed by atoms with Crippen LogP contribution in [0.15, 0.2) is 30.3 Å². The van der Waals surface area contributed by atoms with Crippen molar-refractivity contribution >= 4 is 11.8 Å². The van der Waals surface area contributed by atoms with E-state index in [-0.39, 0.29) is 17.7 Å². The van der Waals surface area contributed by atoms with E-state index in [9.17, 15) is 18.4 Å². The lowest BCUT2D eigenvalue weighted by Gasteiger charge is -2.39. The first-order valence-electron chi connectivity index (χ1n) is 9.89. The molecule has 1 aromatic rings. The topological polar surface area (TPSA) is 58.6 Å². The van der Waals surface area contributed by atoms with Crippen molar-refractivity contribution in [2.45, 2.75) is 44.1 Å². The molecule has 2 fully saturated rings. The van der Waals surface area contributed by atoms with Gasteiger partial charge in [0.2, 0.25) is 12.3 Å². The third-order valence-electron chi connectivity index (χ3n) is 6.18. The average Bonchev–Trinajstić information content (AvgIpc) is 3.22. The van der Waals surface area contributed by atoms with Gasteiger partial charge in [0.15, 0.2) is 0 Å². The summed E-state index contributed by atoms with van der Waals surface area (Å²) in [4.78, 5) is 26.8. The van der Waals surface area contributed by atoms with E-state index in [0.717, 1.165) is 0 Å². The Kier molecular flexibility index (Phi) is 6.65. The summed E-state index contributed by atoms with van der Waals surface area (Å²) in [6.45, 7) is 1.27. The minimum Gasteiger partial charge on any atom is -0.376 e. The van der Waals surface area contributed by atoms with Gasteiger partial charge in [-0.2, -0.15) is 0 Å². The Morgan fingerprint density at radius 2 is 1.89 bits per heavy atom. The van der Waals surface area contributed by atoms with Crippen LogP contribution < -0.4 is 5.32 Å². The van der Waals surface area contributed by atoms with E-state index >= 15 is 0 Å². The van der Waals surface area contributed by atoms with Crippen LogP contribution in [0.4, 0.5) is 8.78 Å². The number of rotatable bonds is 6. The molecule has 1 atom stereocenters. The highest BCUT2D eigenvalue weighted by Crippen LogP contribution is 2.37. The van der Waals surface area contributed by atoms with Crippen LogP contribution in [0.3, 0.4) is 0 Å². The number of nitrogens with zero attached hydrogens (tertiary/aromatic N) is 1. The Hall–Kier alpha value is -2.02. The maximum absolute atomic E-state index is 12.9. The molecule has 1 aliphatic carbocycles. The number of halogens is 2. The van der Waals surface area contributed by atoms with Crippen molar-refractivity contribution in [3.63, 3.8) is 0 Å². The summed E-state index contributed by atoms with van der Waals surface area (Å²) < 4.78 is 31.4. The van der Waals surface area contributed by atoms with Crippen molar-refractivity contribution in [1.82, 2.24) is 10.2 Å². The predicted octanol–water partition coefficient (Wildman–Crippen LogP) is 3.11. The summed E-state index contributed by atoms with van der Waals surface area (Å²) in [7, 11) is 1.57. The van der Waals surface area contributed by atoms with Crippen LogP contribution in [0.25, 0.3) is 0 Å². The third kappa shape index (κ3) is 4.69. The lowest BCUT2D eigenvalue weighted by Crippen LogP contribution is -2.48. The van der Waals surface area contributed by atoms with Gasteiger partial charge in [-0.05, 0) is 44.2 Å². The van der Waals surface area contributed by atoms with Gasteiger partial charge in [-0.15, -0.1) is 0 Å². The van der Waals surface area contributed by atoms with Crippen molar-refractivity contribution in [3.05, 3.63) is 35.9 Å². The van der Waals surface area contributed by atoms with Crippen LogP contribution in [0.1, 0.15) is 42.5 Å². The van der Waals surface area contributed by atoms with Gasteiger partial charge in [-0.1, -0.05) is 18.2 Å². The van der Waals surface area contributed by atoms with Crippen LogP contribution >= 0.6 is 0 Å². The van der Waals surface area contributed by atoms with Gasteiger partial charge < -0.3 is 15.0 Å². The Labute approximate surface area is 164 Å². The molecule has 7 heteroatoms. The summed E-state index contributed by atoms with van der Waals surface area (Å²) in [5, 5.41) is 2.94. The number of carbonyl (C=O) groups excluding carboxylic acids is 2. The van der Waals surface area contributed by atoms with Crippen molar-refractivity contribution in [1.29, 1.82) is 0 Å². The standard InChI is InChI=1S/C21H28F2N2O3/c1-28-21(10-7-15(8-11-21)18(22)23)14-24-19(26)17-9-12-25(13-17)20(27)16-5-3-2-4-6-16/h2-6,15,17-18H,7-14H2,1H3,(H,24,26). The number of hydrogen-bond acceptors (Lipinski definition) is 3. The summed E-state index contributed by atoms with van der Waals surface area (Å²) in [5.41, 5.74) is 0.0526. The normalized spacial score (nSPS) is 27.8. The molecule has 5 nitrogen and oxygen atoms in total. The molecule has 0 spiro atoms. The number of likely N-dealkylation sites (tertiary alicyclic amines) is 1. The van der Waals surface area contributed by atoms with Gasteiger partial charge in [0, 0.05) is 38.2 Å². The molecule has 28 heavy (non-hydrogen) atoms. The smallest absolute Gasteiger partial charge is 0.253 e. The largest absolute Gasteiger partial charge is 0.376 e. The minimum absolute atomic E-state index is 0.0606. The number of carbonyl (C=O) groups is 2. The van der Waals surface area contributed by atoms with Crippen LogP contribution in [-0.4, -0.2) is 55.5 Å². The molecular weight excluding hydrogens is 366 g/mol. The average molecular weight is 394 g/mol. The molecule has 1 aromatic carbocycles. The molecule has 0 aromatic heterocycles. The molecule has 0 bridgehead atoms. The van der Waals surface area contributed by atoms with Crippen LogP contribution in [-0.2, 0) is 9.53 Å². The van der Waals surface area contributed by atoms with Crippen molar-refractivity contribution in [2.24, 2.45) is 11.8 Å². The van der Waals surface area contributed by atoms with Crippen LogP contribution in [0, 0.1) is 11.8 Å². The van der Waals surface area contributed by atoms with Gasteiger partial charge in [-0.25, -0.2) is 8.78 Å². The van der Waals surface area contributed by atoms with Crippen molar-refractivity contribution in [3.8, 4) is 0 Å². The fourth-order valence-corrected chi connectivity index (χ4v) is 4.19. The second-order valence-corrected chi connectivity index (χ2v) is 7.88. The zero-order valence-corrected chi connectivity index (χ0v) is 16.2. The molecule has 1 saturated heterocycles. The highest BCUT2D eigenvalue weighted by atomic mass is 19.3. The maximum atomic E-state index is 12.9. The molecule has 1 N–H and O–H groups in total. The van der Waals surface area contributed by atoms with E-state index in [0.29, 0.717) is 57.3 Å². The summed E-state index contributed by atoms with van der Waals surface area (Å²) in [5.74, 6) is -0.990. The fourth-order valence-electron chi connectivity index (χ4n) is 4.19. The number of ether oxygens (including phenoxy) is 1. The van der Waals surface area contributed by atoms with Gasteiger partial charge in [-0.3, -0.25) is 9.59 Å². The molecule has 1 unspecified atom stereocenters. The van der Waals surface area contributed by atoms with E-state index in [4.69, 9.17) is 4.74 Å². The molecular formula is C21H28F2N2O3. The Bertz CT molecular complexity index is 675. The molecule has 0 radical (unpaired) electrons. The van der Waals surface area contributed by atoms with Crippen LogP contribution in [0.2, 0.25) is 0 Å². The quantitative estimate of drug-likeness (QED) is 0.807. The first kappa shape index (κ1) is 20.7. The molecule has 2 amide bonds. The van der Waals surface area contributed by atoms with Crippen molar-refractivity contribution < 1.29 is 23.1 Å². The second-order valence-electron chi connectivity index (χ2n) is 7.88. The maximum Gasteiger partial charge on any atom is 0.253 e. The van der Waals surface area contributed by atoms with Gasteiger partial charge in [0.05, 0.1) is 11.5 Å². The molecule has 154 valence electrons. The SMILES string of the molecule is COC1(CNC(=O)C2CCN(C(=O)c3ccccc3)C2)CCC(C(F)F)CC1. The molecule has 2 aliphatic rings. The Morgan fingerprint density at radius 1 is 1.21 bits per heavy atom. The summed E-state index contributed by atoms with van der Waals surface area (Å²) >= 11 is 0. The first-order chi connectivity index (χ1) is 13.4. The Morgan fingerprint density at radius 3 is 2.50 bits per heavy atom. The van der Waals surface area contributed by atoms with Gasteiger partial charge >= 0.3 is 0 Å². The lowest BCUT2D eigenvalue weighted by molar-refractivity contribution is -0.127. The van der Waals surface area contributed by atoms with Crippen molar-refractivity contribution in [2.75, 3.05) is 26.7 Å². The first-order valence-corrected chi connectivity index (χ1v) is 9.89. The zero-order chi connectivity index (χ0) is 20.1. The van der Waals surface area contributed by atoms with E-state index in [1.807, 2.05) is 18.2 Å². The predicted molar refractivity (Wildman–Crippen MR) is 101 cm³/mol. The molecule has 3 rings (SSSR count). The highest BCUT2D eigenvalue weighted by Gasteiger charge is 2.39. The number of methoxy groups -OCH3 is 1. The third-order valence-corrected chi connectivity index (χ3v) is 6.18. The number of nitrogens with one attached hydrogen (secondary N) is 1. The molecule has 1 saturated carbocycles. The summed E-state index contributed by atoms with van der Waals surface area (Å²) in [6.07, 6.45) is 0.173. The van der Waals surface area contributed by atoms with E-state index in [1.54, 1.807) is 24.1 Å². The highest BCUT2D eigenvalue weighted by molar-refractivity contribution is 5.95. The van der Waals surface area contributed by atoms with Gasteiger partial charge in [0.25, 0.3) is 5.91 Å². The zero-order valence-electron chi connectivity index (χ0n) is 16.2. The fraction of sp³-hybridized carbons (Fsp3) is 0.619. The van der Waals surface area contributed by atoms with E-state index in [2.05, 4.69) is 5.32 Å². The van der Waals surface area contributed by atoms with Crippen LogP contribution in [0.5, 0.6) is 0 Å². The van der Waals surface area contributed by atoms with E-state index < -0.39 is 17.9 Å². The summed E-state index contributed by atoms with van der Waals surface area (Å²) in [6, 6.07) is 9.04. The molecule has 1 aliphatic heterocycles. The minimum atomic E-state index is -2.30. The monoisotopic (exact) mass is 394 g/mol. The molecule has 1 heterocycles. The van der Waals surface area contributed by atoms with E-state index in [1.165, 1.54) is 0 Å². The number of amides is 2. The van der Waals surface area contributed by atoms with Gasteiger partial charge in [0.1, 0.15) is 0 Å². The lowest BCUT2D eigenvalue weighted by atomic mass is 9.78. The Balaban J connectivity index is 1.49. The number of alkyl halides is 2. The second kappa shape index (κ2) is 8.99.